The van der Waals surface area contributed by atoms with Gasteiger partial charge in [0, 0.05) is 18.8 Å². The number of para-hydroxylation sites is 1. The molecule has 0 aromatic heterocycles. The van der Waals surface area contributed by atoms with Crippen LogP contribution in [-0.4, -0.2) is 17.6 Å². The Balaban J connectivity index is 1.91. The lowest BCUT2D eigenvalue weighted by Gasteiger charge is -2.34. The third kappa shape index (κ3) is 2.89. The van der Waals surface area contributed by atoms with Crippen molar-refractivity contribution in [1.29, 1.82) is 0 Å². The summed E-state index contributed by atoms with van der Waals surface area (Å²) in [6, 6.07) is 14.3. The summed E-state index contributed by atoms with van der Waals surface area (Å²) in [5, 5.41) is 9.31. The molecular weight excluding hydrogens is 269 g/mol. The van der Waals surface area contributed by atoms with Crippen LogP contribution in [0.4, 0.5) is 10.1 Å². The molecule has 0 bridgehead atoms. The van der Waals surface area contributed by atoms with Crippen molar-refractivity contribution in [2.75, 3.05) is 11.4 Å². The molecule has 1 heterocycles. The molecule has 21 heavy (non-hydrogen) atoms. The Kier molecular flexibility index (Phi) is 3.60. The minimum Gasteiger partial charge on any atom is -0.481 e. The summed E-state index contributed by atoms with van der Waals surface area (Å²) in [5.74, 6) is -1.48. The van der Waals surface area contributed by atoms with E-state index in [4.69, 9.17) is 0 Å². The normalized spacial score (nSPS) is 17.4. The van der Waals surface area contributed by atoms with Crippen molar-refractivity contribution >= 4 is 11.7 Å². The van der Waals surface area contributed by atoms with E-state index in [-0.39, 0.29) is 5.82 Å². The number of carboxylic acid groups (broad SMARTS) is 1. The maximum Gasteiger partial charge on any atom is 0.308 e. The van der Waals surface area contributed by atoms with Crippen molar-refractivity contribution in [2.45, 2.75) is 13.0 Å². The molecule has 0 radical (unpaired) electrons. The van der Waals surface area contributed by atoms with Crippen LogP contribution < -0.4 is 4.90 Å². The zero-order valence-corrected chi connectivity index (χ0v) is 11.5. The summed E-state index contributed by atoms with van der Waals surface area (Å²) in [6.07, 6.45) is 0.547. The van der Waals surface area contributed by atoms with Crippen molar-refractivity contribution in [1.82, 2.24) is 0 Å². The average Bonchev–Trinajstić information content (AvgIpc) is 2.47. The van der Waals surface area contributed by atoms with Crippen LogP contribution in [0.1, 0.15) is 11.1 Å². The predicted molar refractivity (Wildman–Crippen MR) is 78.7 cm³/mol. The van der Waals surface area contributed by atoms with Crippen molar-refractivity contribution < 1.29 is 14.3 Å². The second-order valence-electron chi connectivity index (χ2n) is 5.38. The van der Waals surface area contributed by atoms with E-state index in [0.29, 0.717) is 19.5 Å². The van der Waals surface area contributed by atoms with E-state index < -0.39 is 11.9 Å². The molecule has 3 rings (SSSR count). The Morgan fingerprint density at radius 1 is 1.24 bits per heavy atom. The third-order valence-corrected chi connectivity index (χ3v) is 3.85. The molecule has 3 nitrogen and oxygen atoms in total. The summed E-state index contributed by atoms with van der Waals surface area (Å²) in [4.78, 5) is 13.3. The molecule has 2 aromatic rings. The molecule has 0 saturated heterocycles. The van der Waals surface area contributed by atoms with Gasteiger partial charge in [0.2, 0.25) is 0 Å². The summed E-state index contributed by atoms with van der Waals surface area (Å²) in [7, 11) is 0. The Hall–Kier alpha value is -2.36. The number of anilines is 1. The highest BCUT2D eigenvalue weighted by Gasteiger charge is 2.28. The molecule has 108 valence electrons. The van der Waals surface area contributed by atoms with Gasteiger partial charge in [0.25, 0.3) is 0 Å². The van der Waals surface area contributed by atoms with Crippen LogP contribution in [0.15, 0.2) is 48.5 Å². The maximum atomic E-state index is 13.3. The van der Waals surface area contributed by atoms with Crippen LogP contribution in [0.5, 0.6) is 0 Å². The molecule has 1 aliphatic heterocycles. The zero-order valence-electron chi connectivity index (χ0n) is 11.5. The van der Waals surface area contributed by atoms with Gasteiger partial charge < -0.3 is 10.0 Å². The number of benzene rings is 2. The number of rotatable bonds is 3. The fraction of sp³-hybridized carbons (Fsp3) is 0.235. The van der Waals surface area contributed by atoms with Crippen LogP contribution in [0.25, 0.3) is 0 Å². The summed E-state index contributed by atoms with van der Waals surface area (Å²) >= 11 is 0. The van der Waals surface area contributed by atoms with Gasteiger partial charge in [-0.1, -0.05) is 30.3 Å². The topological polar surface area (TPSA) is 40.5 Å². The molecule has 1 aliphatic rings. The Bertz CT molecular complexity index is 671. The maximum absolute atomic E-state index is 13.3. The molecule has 0 fully saturated rings. The molecule has 4 heteroatoms. The average molecular weight is 285 g/mol. The number of nitrogens with zero attached hydrogens (tertiary/aromatic N) is 1. The van der Waals surface area contributed by atoms with E-state index in [1.807, 2.05) is 35.2 Å². The summed E-state index contributed by atoms with van der Waals surface area (Å²) in [5.41, 5.74) is 2.92. The second kappa shape index (κ2) is 5.56. The van der Waals surface area contributed by atoms with Gasteiger partial charge in [0.15, 0.2) is 0 Å². The minimum atomic E-state index is -0.784. The molecular formula is C17H16FNO2. The Morgan fingerprint density at radius 3 is 2.81 bits per heavy atom. The summed E-state index contributed by atoms with van der Waals surface area (Å²) in [6.45, 7) is 0.960. The van der Waals surface area contributed by atoms with E-state index >= 15 is 0 Å². The van der Waals surface area contributed by atoms with Gasteiger partial charge in [-0.25, -0.2) is 4.39 Å². The first-order valence-electron chi connectivity index (χ1n) is 6.93. The number of halogens is 1. The first-order valence-corrected chi connectivity index (χ1v) is 6.93. The van der Waals surface area contributed by atoms with Crippen LogP contribution in [0, 0.1) is 11.7 Å². The molecule has 2 aromatic carbocycles. The molecule has 1 N–H and O–H groups in total. The van der Waals surface area contributed by atoms with Gasteiger partial charge in [-0.05, 0) is 35.7 Å². The second-order valence-corrected chi connectivity index (χ2v) is 5.38. The highest BCUT2D eigenvalue weighted by molar-refractivity contribution is 5.74. The first kappa shape index (κ1) is 13.6. The number of hydrogen-bond donors (Lipinski definition) is 1. The van der Waals surface area contributed by atoms with Crippen LogP contribution in [-0.2, 0) is 17.8 Å². The quantitative estimate of drug-likeness (QED) is 0.942. The summed E-state index contributed by atoms with van der Waals surface area (Å²) < 4.78 is 13.3. The molecule has 0 saturated carbocycles. The SMILES string of the molecule is O=C(O)C1Cc2ccccc2N(Cc2cccc(F)c2)C1. The first-order chi connectivity index (χ1) is 10.1. The van der Waals surface area contributed by atoms with Gasteiger partial charge in [0.1, 0.15) is 5.82 Å². The zero-order chi connectivity index (χ0) is 14.8. The van der Waals surface area contributed by atoms with Crippen LogP contribution in [0.3, 0.4) is 0 Å². The molecule has 1 unspecified atom stereocenters. The van der Waals surface area contributed by atoms with Crippen molar-refractivity contribution in [2.24, 2.45) is 5.92 Å². The van der Waals surface area contributed by atoms with E-state index in [0.717, 1.165) is 16.8 Å². The predicted octanol–water partition coefficient (Wildman–Crippen LogP) is 3.09. The van der Waals surface area contributed by atoms with E-state index in [1.165, 1.54) is 12.1 Å². The number of hydrogen-bond acceptors (Lipinski definition) is 2. The third-order valence-electron chi connectivity index (χ3n) is 3.85. The lowest BCUT2D eigenvalue weighted by Crippen LogP contribution is -2.38. The number of fused-ring (bicyclic) bond motifs is 1. The molecule has 0 spiro atoms. The molecule has 0 aliphatic carbocycles. The highest BCUT2D eigenvalue weighted by atomic mass is 19.1. The van der Waals surface area contributed by atoms with Gasteiger partial charge in [0.05, 0.1) is 5.92 Å². The number of aliphatic carboxylic acids is 1. The fourth-order valence-corrected chi connectivity index (χ4v) is 2.86. The van der Waals surface area contributed by atoms with E-state index in [9.17, 15) is 14.3 Å². The minimum absolute atomic E-state index is 0.271. The van der Waals surface area contributed by atoms with Gasteiger partial charge in [-0.2, -0.15) is 0 Å². The number of carbonyl (C=O) groups is 1. The fourth-order valence-electron chi connectivity index (χ4n) is 2.86. The van der Waals surface area contributed by atoms with Crippen LogP contribution >= 0.6 is 0 Å². The molecule has 1 atom stereocenters. The smallest absolute Gasteiger partial charge is 0.308 e. The van der Waals surface area contributed by atoms with Crippen molar-refractivity contribution in [3.05, 3.63) is 65.5 Å². The van der Waals surface area contributed by atoms with Gasteiger partial charge >= 0.3 is 5.97 Å². The highest BCUT2D eigenvalue weighted by Crippen LogP contribution is 2.31. The largest absolute Gasteiger partial charge is 0.481 e. The number of carboxylic acids is 1. The van der Waals surface area contributed by atoms with Gasteiger partial charge in [-0.15, -0.1) is 0 Å². The van der Waals surface area contributed by atoms with Gasteiger partial charge in [-0.3, -0.25) is 4.79 Å². The molecule has 0 amide bonds. The van der Waals surface area contributed by atoms with Crippen molar-refractivity contribution in [3.8, 4) is 0 Å². The monoisotopic (exact) mass is 285 g/mol. The van der Waals surface area contributed by atoms with Crippen molar-refractivity contribution in [3.63, 3.8) is 0 Å². The Morgan fingerprint density at radius 2 is 2.05 bits per heavy atom. The van der Waals surface area contributed by atoms with Crippen LogP contribution in [0.2, 0.25) is 0 Å². The van der Waals surface area contributed by atoms with E-state index in [1.54, 1.807) is 6.07 Å². The Labute approximate surface area is 122 Å². The van der Waals surface area contributed by atoms with E-state index in [2.05, 4.69) is 0 Å². The lowest BCUT2D eigenvalue weighted by atomic mass is 9.92. The lowest BCUT2D eigenvalue weighted by molar-refractivity contribution is -0.141. The standard InChI is InChI=1S/C17H16FNO2/c18-15-6-3-4-12(8-15)10-19-11-14(17(20)21)9-13-5-1-2-7-16(13)19/h1-8,14H,9-11H2,(H,20,21).